The van der Waals surface area contributed by atoms with Crippen LogP contribution in [0.4, 0.5) is 11.4 Å². The molecular formula is C19H21N3O. The number of nitrogens with one attached hydrogen (secondary N) is 1. The number of benzene rings is 2. The number of hydrogen-bond donors (Lipinski definition) is 2. The van der Waals surface area contributed by atoms with Gasteiger partial charge in [0.2, 0.25) is 5.88 Å². The maximum Gasteiger partial charge on any atom is 0.218 e. The summed E-state index contributed by atoms with van der Waals surface area (Å²) in [5.74, 6) is 0.543. The van der Waals surface area contributed by atoms with E-state index in [0.717, 1.165) is 23.0 Å². The average molecular weight is 307 g/mol. The molecule has 0 spiro atoms. The third-order valence-corrected chi connectivity index (χ3v) is 4.05. The Labute approximate surface area is 135 Å². The van der Waals surface area contributed by atoms with E-state index < -0.39 is 0 Å². The van der Waals surface area contributed by atoms with Crippen LogP contribution in [-0.2, 0) is 6.42 Å². The number of rotatable bonds is 4. The highest BCUT2D eigenvalue weighted by molar-refractivity contribution is 5.94. The van der Waals surface area contributed by atoms with Crippen LogP contribution in [-0.4, -0.2) is 10.1 Å². The van der Waals surface area contributed by atoms with Crippen molar-refractivity contribution in [1.82, 2.24) is 4.98 Å². The lowest BCUT2D eigenvalue weighted by atomic mass is 10.0. The van der Waals surface area contributed by atoms with Gasteiger partial charge in [0, 0.05) is 5.39 Å². The molecule has 1 heterocycles. The topological polar surface area (TPSA) is 60.7 Å². The minimum atomic E-state index is 0.0517. The Morgan fingerprint density at radius 2 is 1.78 bits per heavy atom. The number of H-pyrrole nitrogens is 1. The highest BCUT2D eigenvalue weighted by Gasteiger charge is 2.10. The summed E-state index contributed by atoms with van der Waals surface area (Å²) in [6, 6.07) is 14.1. The first-order valence-corrected chi connectivity index (χ1v) is 7.93. The molecule has 0 aliphatic heterocycles. The predicted molar refractivity (Wildman–Crippen MR) is 94.0 cm³/mol. The van der Waals surface area contributed by atoms with E-state index in [9.17, 15) is 5.11 Å². The highest BCUT2D eigenvalue weighted by Crippen LogP contribution is 2.36. The van der Waals surface area contributed by atoms with E-state index in [-0.39, 0.29) is 5.88 Å². The number of aromatic nitrogens is 1. The van der Waals surface area contributed by atoms with Crippen LogP contribution in [0.1, 0.15) is 37.8 Å². The van der Waals surface area contributed by atoms with Crippen molar-refractivity contribution in [1.29, 1.82) is 0 Å². The van der Waals surface area contributed by atoms with Crippen LogP contribution in [0.15, 0.2) is 52.7 Å². The maximum atomic E-state index is 10.1. The number of fused-ring (bicyclic) bond motifs is 1. The molecule has 23 heavy (non-hydrogen) atoms. The Balaban J connectivity index is 1.95. The molecule has 4 heteroatoms. The number of azo groups is 1. The zero-order valence-corrected chi connectivity index (χ0v) is 13.7. The number of aromatic hydroxyl groups is 1. The molecule has 0 aliphatic rings. The quantitative estimate of drug-likeness (QED) is 0.573. The van der Waals surface area contributed by atoms with E-state index in [1.165, 1.54) is 11.1 Å². The number of hydrogen-bond acceptors (Lipinski definition) is 3. The van der Waals surface area contributed by atoms with Gasteiger partial charge in [0.25, 0.3) is 0 Å². The largest absolute Gasteiger partial charge is 0.493 e. The molecule has 0 bridgehead atoms. The number of nitrogens with zero attached hydrogens (tertiary/aromatic N) is 2. The third-order valence-electron chi connectivity index (χ3n) is 4.05. The first-order chi connectivity index (χ1) is 11.1. The fourth-order valence-corrected chi connectivity index (χ4v) is 2.57. The molecule has 0 unspecified atom stereocenters. The zero-order valence-electron chi connectivity index (χ0n) is 13.7. The summed E-state index contributed by atoms with van der Waals surface area (Å²) < 4.78 is 0. The van der Waals surface area contributed by atoms with Gasteiger partial charge in [-0.1, -0.05) is 39.0 Å². The molecule has 0 saturated heterocycles. The molecule has 0 fully saturated rings. The smallest absolute Gasteiger partial charge is 0.218 e. The summed E-state index contributed by atoms with van der Waals surface area (Å²) in [5.41, 5.74) is 4.60. The van der Waals surface area contributed by atoms with Crippen LogP contribution in [0, 0.1) is 0 Å². The van der Waals surface area contributed by atoms with Crippen molar-refractivity contribution < 1.29 is 5.11 Å². The van der Waals surface area contributed by atoms with Crippen LogP contribution in [0.2, 0.25) is 0 Å². The van der Waals surface area contributed by atoms with Gasteiger partial charge < -0.3 is 10.1 Å². The monoisotopic (exact) mass is 307 g/mol. The summed E-state index contributed by atoms with van der Waals surface area (Å²) in [4.78, 5) is 2.94. The SMILES string of the molecule is CCc1ccc2[nH]c(O)c(N=Nc3ccc(C(C)C)cc3)c2c1. The summed E-state index contributed by atoms with van der Waals surface area (Å²) in [6.07, 6.45) is 0.940. The van der Waals surface area contributed by atoms with E-state index >= 15 is 0 Å². The molecular weight excluding hydrogens is 286 g/mol. The second-order valence-electron chi connectivity index (χ2n) is 6.00. The van der Waals surface area contributed by atoms with Gasteiger partial charge in [-0.3, -0.25) is 0 Å². The van der Waals surface area contributed by atoms with Crippen molar-refractivity contribution >= 4 is 22.3 Å². The molecule has 0 saturated carbocycles. The van der Waals surface area contributed by atoms with E-state index in [2.05, 4.69) is 48.1 Å². The molecule has 0 radical (unpaired) electrons. The van der Waals surface area contributed by atoms with Crippen LogP contribution >= 0.6 is 0 Å². The first kappa shape index (κ1) is 15.3. The molecule has 0 atom stereocenters. The van der Waals surface area contributed by atoms with Crippen LogP contribution < -0.4 is 0 Å². The Morgan fingerprint density at radius 1 is 1.04 bits per heavy atom. The number of aromatic amines is 1. The number of aryl methyl sites for hydroxylation is 1. The van der Waals surface area contributed by atoms with Gasteiger partial charge >= 0.3 is 0 Å². The van der Waals surface area contributed by atoms with E-state index in [1.54, 1.807) is 0 Å². The third kappa shape index (κ3) is 3.11. The fraction of sp³-hybridized carbons (Fsp3) is 0.263. The van der Waals surface area contributed by atoms with Gasteiger partial charge in [0.15, 0.2) is 5.69 Å². The minimum absolute atomic E-state index is 0.0517. The summed E-state index contributed by atoms with van der Waals surface area (Å²) in [5, 5.41) is 19.5. The Bertz CT molecular complexity index is 845. The lowest BCUT2D eigenvalue weighted by Gasteiger charge is -2.03. The first-order valence-electron chi connectivity index (χ1n) is 7.93. The minimum Gasteiger partial charge on any atom is -0.493 e. The van der Waals surface area contributed by atoms with Crippen molar-refractivity contribution in [2.75, 3.05) is 0 Å². The highest BCUT2D eigenvalue weighted by atomic mass is 16.3. The molecule has 3 aromatic rings. The van der Waals surface area contributed by atoms with Crippen LogP contribution in [0.25, 0.3) is 10.9 Å². The molecule has 1 aromatic heterocycles. The van der Waals surface area contributed by atoms with Crippen molar-refractivity contribution in [3.8, 4) is 5.88 Å². The second kappa shape index (κ2) is 6.24. The van der Waals surface area contributed by atoms with Gasteiger partial charge in [-0.05, 0) is 47.7 Å². The van der Waals surface area contributed by atoms with Crippen molar-refractivity contribution in [3.05, 3.63) is 53.6 Å². The van der Waals surface area contributed by atoms with Gasteiger partial charge in [-0.2, -0.15) is 5.11 Å². The van der Waals surface area contributed by atoms with Crippen LogP contribution in [0.5, 0.6) is 5.88 Å². The lowest BCUT2D eigenvalue weighted by Crippen LogP contribution is -1.84. The van der Waals surface area contributed by atoms with Gasteiger partial charge in [0.05, 0.1) is 11.2 Å². The van der Waals surface area contributed by atoms with Gasteiger partial charge in [0.1, 0.15) is 0 Å². The zero-order chi connectivity index (χ0) is 16.4. The van der Waals surface area contributed by atoms with Crippen LogP contribution in [0.3, 0.4) is 0 Å². The molecule has 118 valence electrons. The molecule has 4 nitrogen and oxygen atoms in total. The van der Waals surface area contributed by atoms with Crippen molar-refractivity contribution in [3.63, 3.8) is 0 Å². The molecule has 3 rings (SSSR count). The average Bonchev–Trinajstić information content (AvgIpc) is 2.87. The summed E-state index contributed by atoms with van der Waals surface area (Å²) >= 11 is 0. The predicted octanol–water partition coefficient (Wildman–Crippen LogP) is 5.97. The van der Waals surface area contributed by atoms with E-state index in [1.807, 2.05) is 30.3 Å². The summed E-state index contributed by atoms with van der Waals surface area (Å²) in [6.45, 7) is 6.42. The van der Waals surface area contributed by atoms with E-state index in [0.29, 0.717) is 11.6 Å². The van der Waals surface area contributed by atoms with Crippen molar-refractivity contribution in [2.45, 2.75) is 33.1 Å². The fourth-order valence-electron chi connectivity index (χ4n) is 2.57. The molecule has 2 N–H and O–H groups in total. The summed E-state index contributed by atoms with van der Waals surface area (Å²) in [7, 11) is 0. The normalized spacial score (nSPS) is 11.8. The lowest BCUT2D eigenvalue weighted by molar-refractivity contribution is 0.459. The Morgan fingerprint density at radius 3 is 2.43 bits per heavy atom. The Hall–Kier alpha value is -2.62. The van der Waals surface area contributed by atoms with E-state index in [4.69, 9.17) is 0 Å². The molecule has 0 amide bonds. The van der Waals surface area contributed by atoms with Crippen molar-refractivity contribution in [2.24, 2.45) is 10.2 Å². The standard InChI is InChI=1S/C19H21N3O/c1-4-13-5-10-17-16(11-13)18(19(23)20-17)22-21-15-8-6-14(7-9-15)12(2)3/h5-12,20,23H,4H2,1-3H3. The van der Waals surface area contributed by atoms with Gasteiger partial charge in [-0.25, -0.2) is 0 Å². The van der Waals surface area contributed by atoms with Gasteiger partial charge in [-0.15, -0.1) is 5.11 Å². The molecule has 2 aromatic carbocycles. The molecule has 0 aliphatic carbocycles. The Kier molecular flexibility index (Phi) is 4.15. The maximum absolute atomic E-state index is 10.1. The second-order valence-corrected chi connectivity index (χ2v) is 6.00.